The first kappa shape index (κ1) is 27.8. The summed E-state index contributed by atoms with van der Waals surface area (Å²) in [5.74, 6) is 0.209. The first-order chi connectivity index (χ1) is 18.3. The summed E-state index contributed by atoms with van der Waals surface area (Å²) < 4.78 is 28.0. The number of hydrogen-bond acceptors (Lipinski definition) is 10. The zero-order valence-corrected chi connectivity index (χ0v) is 22.4. The molecule has 4 rings (SSSR count). The minimum absolute atomic E-state index is 0.221. The van der Waals surface area contributed by atoms with Gasteiger partial charge < -0.3 is 23.7 Å². The highest BCUT2D eigenvalue weighted by Gasteiger charge is 2.62. The van der Waals surface area contributed by atoms with Crippen LogP contribution in [-0.2, 0) is 46.5 Å². The molecule has 2 aromatic carbocycles. The minimum Gasteiger partial charge on any atom is -0.493 e. The quantitative estimate of drug-likeness (QED) is 0.424. The molecule has 2 fully saturated rings. The van der Waals surface area contributed by atoms with Crippen molar-refractivity contribution in [3.63, 3.8) is 0 Å². The Labute approximate surface area is 222 Å². The van der Waals surface area contributed by atoms with Gasteiger partial charge in [-0.15, -0.1) is 0 Å². The topological polar surface area (TPSA) is 102 Å². The van der Waals surface area contributed by atoms with Crippen LogP contribution >= 0.6 is 0 Å². The largest absolute Gasteiger partial charge is 0.493 e. The highest BCUT2D eigenvalue weighted by molar-refractivity contribution is 5.74. The third-order valence-corrected chi connectivity index (χ3v) is 7.26. The van der Waals surface area contributed by atoms with E-state index in [9.17, 15) is 9.59 Å². The van der Waals surface area contributed by atoms with E-state index >= 15 is 0 Å². The van der Waals surface area contributed by atoms with Gasteiger partial charge in [-0.2, -0.15) is 0 Å². The van der Waals surface area contributed by atoms with Crippen molar-refractivity contribution in [2.45, 2.75) is 64.3 Å². The fourth-order valence-electron chi connectivity index (χ4n) is 5.34. The van der Waals surface area contributed by atoms with Crippen molar-refractivity contribution in [3.05, 3.63) is 59.7 Å². The summed E-state index contributed by atoms with van der Waals surface area (Å²) in [6, 6.07) is 14.8. The van der Waals surface area contributed by atoms with Gasteiger partial charge in [0.15, 0.2) is 23.7 Å². The lowest BCUT2D eigenvalue weighted by atomic mass is 9.67. The van der Waals surface area contributed by atoms with E-state index < -0.39 is 41.9 Å². The number of carbonyl (C=O) groups is 2. The Hall–Kier alpha value is -3.18. The molecule has 38 heavy (non-hydrogen) atoms. The maximum Gasteiger partial charge on any atom is 0.337 e. The molecular formula is C28H35NO9. The molecule has 10 heteroatoms. The molecule has 0 N–H and O–H groups in total. The fourth-order valence-corrected chi connectivity index (χ4v) is 5.34. The van der Waals surface area contributed by atoms with Gasteiger partial charge in [0.25, 0.3) is 0 Å². The first-order valence-electron chi connectivity index (χ1n) is 12.6. The Kier molecular flexibility index (Phi) is 8.88. The number of carbonyl (C=O) groups excluding carboxylic acids is 2. The van der Waals surface area contributed by atoms with E-state index in [2.05, 4.69) is 0 Å². The average molecular weight is 530 g/mol. The van der Waals surface area contributed by atoms with Crippen LogP contribution in [0, 0.1) is 5.41 Å². The summed E-state index contributed by atoms with van der Waals surface area (Å²) in [4.78, 5) is 36.8. The fraction of sp³-hybridized carbons (Fsp3) is 0.500. The molecule has 206 valence electrons. The Morgan fingerprint density at radius 1 is 1.00 bits per heavy atom. The van der Waals surface area contributed by atoms with Crippen LogP contribution in [0.3, 0.4) is 0 Å². The normalized spacial score (nSPS) is 26.9. The molecular weight excluding hydrogens is 494 g/mol. The first-order valence-corrected chi connectivity index (χ1v) is 12.6. The molecule has 0 bridgehead atoms. The number of esters is 2. The number of hydrogen-bond donors (Lipinski definition) is 0. The van der Waals surface area contributed by atoms with Crippen molar-refractivity contribution in [2.75, 3.05) is 21.3 Å². The molecule has 0 saturated carbocycles. The van der Waals surface area contributed by atoms with E-state index in [1.54, 1.807) is 14.2 Å². The smallest absolute Gasteiger partial charge is 0.337 e. The van der Waals surface area contributed by atoms with Gasteiger partial charge >= 0.3 is 11.9 Å². The summed E-state index contributed by atoms with van der Waals surface area (Å²) in [7, 11) is 4.47. The standard InChI is InChI=1S/C28H35NO9/c1-6-28(16-20-12-13-21(32-3)22(14-20)33-4)24-15-23(26(31)34-5)37-29(24)38-27(25(28)36-18(2)30)35-17-19-10-8-7-9-11-19/h7-14,23-25,27H,6,15-17H2,1-5H3/t23?,24?,25-,27-,28-/m0/s1. The van der Waals surface area contributed by atoms with E-state index in [1.165, 1.54) is 19.3 Å². The molecule has 2 heterocycles. The van der Waals surface area contributed by atoms with Crippen molar-refractivity contribution < 1.29 is 42.9 Å². The summed E-state index contributed by atoms with van der Waals surface area (Å²) in [5, 5.41) is 1.33. The predicted molar refractivity (Wildman–Crippen MR) is 135 cm³/mol. The lowest BCUT2D eigenvalue weighted by molar-refractivity contribution is -0.470. The molecule has 2 saturated heterocycles. The zero-order chi connectivity index (χ0) is 27.3. The SMILES string of the molecule is CC[C@]1(Cc2ccc(OC)c(OC)c2)C2CC(C(=O)OC)ON2O[C@H](OCc2ccccc2)[C@@H]1OC(C)=O. The predicted octanol–water partition coefficient (Wildman–Crippen LogP) is 3.61. The van der Waals surface area contributed by atoms with Gasteiger partial charge in [-0.3, -0.25) is 9.63 Å². The van der Waals surface area contributed by atoms with E-state index in [-0.39, 0.29) is 13.0 Å². The zero-order valence-electron chi connectivity index (χ0n) is 22.4. The Morgan fingerprint density at radius 2 is 1.74 bits per heavy atom. The van der Waals surface area contributed by atoms with E-state index in [4.69, 9.17) is 33.4 Å². The van der Waals surface area contributed by atoms with Crippen LogP contribution < -0.4 is 9.47 Å². The van der Waals surface area contributed by atoms with Gasteiger partial charge in [0.2, 0.25) is 6.29 Å². The van der Waals surface area contributed by atoms with Crippen LogP contribution in [0.5, 0.6) is 11.5 Å². The number of ether oxygens (including phenoxy) is 5. The molecule has 2 aliphatic rings. The summed E-state index contributed by atoms with van der Waals surface area (Å²) in [6.45, 7) is 3.60. The summed E-state index contributed by atoms with van der Waals surface area (Å²) >= 11 is 0. The van der Waals surface area contributed by atoms with E-state index in [0.29, 0.717) is 24.3 Å². The van der Waals surface area contributed by atoms with E-state index in [0.717, 1.165) is 11.1 Å². The molecule has 5 atom stereocenters. The van der Waals surface area contributed by atoms with Crippen LogP contribution in [0.2, 0.25) is 0 Å². The van der Waals surface area contributed by atoms with Crippen molar-refractivity contribution in [1.82, 2.24) is 5.23 Å². The van der Waals surface area contributed by atoms with Gasteiger partial charge in [0, 0.05) is 18.8 Å². The van der Waals surface area contributed by atoms with Crippen LogP contribution in [0.25, 0.3) is 0 Å². The lowest BCUT2D eigenvalue weighted by Crippen LogP contribution is -2.63. The van der Waals surface area contributed by atoms with Crippen molar-refractivity contribution in [2.24, 2.45) is 5.41 Å². The van der Waals surface area contributed by atoms with Crippen molar-refractivity contribution in [3.8, 4) is 11.5 Å². The number of fused-ring (bicyclic) bond motifs is 1. The average Bonchev–Trinajstić information content (AvgIpc) is 3.37. The molecule has 0 amide bonds. The van der Waals surface area contributed by atoms with Gasteiger partial charge in [-0.05, 0) is 36.1 Å². The van der Waals surface area contributed by atoms with Crippen LogP contribution in [0.4, 0.5) is 0 Å². The molecule has 0 spiro atoms. The second-order valence-electron chi connectivity index (χ2n) is 9.41. The van der Waals surface area contributed by atoms with Gasteiger partial charge in [0.05, 0.1) is 34.0 Å². The molecule has 10 nitrogen and oxygen atoms in total. The lowest BCUT2D eigenvalue weighted by Gasteiger charge is -2.51. The number of rotatable bonds is 10. The number of nitrogens with zero attached hydrogens (tertiary/aromatic N) is 1. The highest BCUT2D eigenvalue weighted by Crippen LogP contribution is 2.50. The van der Waals surface area contributed by atoms with Gasteiger partial charge in [0.1, 0.15) is 0 Å². The summed E-state index contributed by atoms with van der Waals surface area (Å²) in [6.07, 6.45) is -1.36. The van der Waals surface area contributed by atoms with Crippen molar-refractivity contribution in [1.29, 1.82) is 0 Å². The minimum atomic E-state index is -0.994. The Morgan fingerprint density at radius 3 is 2.37 bits per heavy atom. The second-order valence-corrected chi connectivity index (χ2v) is 9.41. The molecule has 2 unspecified atom stereocenters. The molecule has 2 aliphatic heterocycles. The molecule has 2 aromatic rings. The van der Waals surface area contributed by atoms with Crippen LogP contribution in [0.15, 0.2) is 48.5 Å². The third-order valence-electron chi connectivity index (χ3n) is 7.26. The maximum atomic E-state index is 12.4. The summed E-state index contributed by atoms with van der Waals surface area (Å²) in [5.41, 5.74) is 1.09. The maximum absolute atomic E-state index is 12.4. The number of benzene rings is 2. The number of methoxy groups -OCH3 is 3. The molecule has 0 aromatic heterocycles. The van der Waals surface area contributed by atoms with Crippen LogP contribution in [-0.4, -0.2) is 63.0 Å². The second kappa shape index (κ2) is 12.1. The number of hydroxylamine groups is 2. The van der Waals surface area contributed by atoms with E-state index in [1.807, 2.05) is 55.5 Å². The van der Waals surface area contributed by atoms with Gasteiger partial charge in [-0.1, -0.05) is 48.5 Å². The van der Waals surface area contributed by atoms with Crippen molar-refractivity contribution >= 4 is 11.9 Å². The third kappa shape index (κ3) is 5.63. The molecule has 0 radical (unpaired) electrons. The Bertz CT molecular complexity index is 1110. The van der Waals surface area contributed by atoms with Gasteiger partial charge in [-0.25, -0.2) is 9.63 Å². The van der Waals surface area contributed by atoms with Crippen LogP contribution in [0.1, 0.15) is 37.8 Å². The monoisotopic (exact) mass is 529 g/mol. The molecule has 0 aliphatic carbocycles. The highest BCUT2D eigenvalue weighted by atomic mass is 17.0. The Balaban J connectivity index is 1.75.